The predicted octanol–water partition coefficient (Wildman–Crippen LogP) is 1.06. The third-order valence-electron chi connectivity index (χ3n) is 3.56. The molecule has 3 N–H and O–H groups in total. The van der Waals surface area contributed by atoms with E-state index in [0.717, 1.165) is 6.42 Å². The molecule has 0 saturated carbocycles. The van der Waals surface area contributed by atoms with Crippen LogP contribution in [0, 0.1) is 0 Å². The van der Waals surface area contributed by atoms with E-state index in [1.807, 2.05) is 0 Å². The maximum Gasteiger partial charge on any atom is 0.340 e. The smallest absolute Gasteiger partial charge is 0.340 e. The van der Waals surface area contributed by atoms with Crippen molar-refractivity contribution in [3.63, 3.8) is 0 Å². The van der Waals surface area contributed by atoms with Crippen molar-refractivity contribution in [3.05, 3.63) is 17.8 Å². The van der Waals surface area contributed by atoms with Crippen LogP contribution < -0.4 is 11.1 Å². The molecule has 0 amide bonds. The zero-order valence-electron chi connectivity index (χ0n) is 12.3. The molecule has 1 unspecified atom stereocenters. The maximum absolute atomic E-state index is 11.8. The van der Waals surface area contributed by atoms with E-state index in [4.69, 9.17) is 19.9 Å². The second-order valence-electron chi connectivity index (χ2n) is 4.88. The van der Waals surface area contributed by atoms with Crippen molar-refractivity contribution in [1.82, 2.24) is 4.98 Å². The van der Waals surface area contributed by atoms with Crippen LogP contribution >= 0.6 is 0 Å². The highest BCUT2D eigenvalue weighted by molar-refractivity contribution is 5.97. The van der Waals surface area contributed by atoms with E-state index in [2.05, 4.69) is 10.3 Å². The lowest BCUT2D eigenvalue weighted by Gasteiger charge is -2.26. The normalized spacial score (nSPS) is 21.2. The summed E-state index contributed by atoms with van der Waals surface area (Å²) < 4.78 is 15.9. The van der Waals surface area contributed by atoms with Gasteiger partial charge in [-0.1, -0.05) is 0 Å². The summed E-state index contributed by atoms with van der Waals surface area (Å²) >= 11 is 0. The molecule has 1 aromatic rings. The second-order valence-corrected chi connectivity index (χ2v) is 4.88. The lowest BCUT2D eigenvalue weighted by atomic mass is 10.0. The summed E-state index contributed by atoms with van der Waals surface area (Å²) in [6.45, 7) is 3.74. The van der Waals surface area contributed by atoms with Gasteiger partial charge in [0.15, 0.2) is 0 Å². The molecular formula is C14H21N3O4. The van der Waals surface area contributed by atoms with Gasteiger partial charge in [-0.25, -0.2) is 9.78 Å². The van der Waals surface area contributed by atoms with E-state index in [0.29, 0.717) is 37.7 Å². The largest absolute Gasteiger partial charge is 0.462 e. The summed E-state index contributed by atoms with van der Waals surface area (Å²) in [6.07, 6.45) is 2.32. The number of pyridine rings is 1. The highest BCUT2D eigenvalue weighted by Gasteiger charge is 2.35. The number of anilines is 2. The van der Waals surface area contributed by atoms with Gasteiger partial charge in [0.1, 0.15) is 11.4 Å². The van der Waals surface area contributed by atoms with Crippen LogP contribution in [0.2, 0.25) is 0 Å². The van der Waals surface area contributed by atoms with Gasteiger partial charge in [-0.05, 0) is 13.0 Å². The van der Waals surface area contributed by atoms with Gasteiger partial charge in [0.25, 0.3) is 0 Å². The van der Waals surface area contributed by atoms with Gasteiger partial charge in [-0.3, -0.25) is 0 Å². The van der Waals surface area contributed by atoms with Crippen LogP contribution in [-0.4, -0.2) is 50.0 Å². The summed E-state index contributed by atoms with van der Waals surface area (Å²) in [4.78, 5) is 16.0. The molecule has 21 heavy (non-hydrogen) atoms. The Kier molecular flexibility index (Phi) is 4.98. The molecule has 0 radical (unpaired) electrons. The molecule has 116 valence electrons. The van der Waals surface area contributed by atoms with Crippen molar-refractivity contribution in [2.75, 3.05) is 44.5 Å². The minimum atomic E-state index is -0.453. The zero-order valence-corrected chi connectivity index (χ0v) is 12.3. The molecule has 1 saturated heterocycles. The van der Waals surface area contributed by atoms with E-state index < -0.39 is 5.97 Å². The Bertz CT molecular complexity index is 501. The summed E-state index contributed by atoms with van der Waals surface area (Å²) in [5.41, 5.74) is 6.19. The first-order valence-electron chi connectivity index (χ1n) is 6.90. The van der Waals surface area contributed by atoms with Crippen LogP contribution in [0.25, 0.3) is 0 Å². The molecule has 0 spiro atoms. The predicted molar refractivity (Wildman–Crippen MR) is 78.3 cm³/mol. The fraction of sp³-hybridized carbons (Fsp3) is 0.571. The number of esters is 1. The molecule has 7 heteroatoms. The fourth-order valence-corrected chi connectivity index (χ4v) is 2.21. The molecule has 1 aliphatic rings. The lowest BCUT2D eigenvalue weighted by molar-refractivity contribution is -0.00624. The van der Waals surface area contributed by atoms with E-state index in [9.17, 15) is 4.79 Å². The Hall–Kier alpha value is -1.86. The van der Waals surface area contributed by atoms with Gasteiger partial charge in [0, 0.05) is 32.9 Å². The van der Waals surface area contributed by atoms with Crippen molar-refractivity contribution in [2.24, 2.45) is 0 Å². The molecule has 1 aliphatic heterocycles. The third-order valence-corrected chi connectivity index (χ3v) is 3.56. The summed E-state index contributed by atoms with van der Waals surface area (Å²) in [5.74, 6) is -0.00465. The topological polar surface area (TPSA) is 95.7 Å². The number of nitrogens with zero attached hydrogens (tertiary/aromatic N) is 1. The fourth-order valence-electron chi connectivity index (χ4n) is 2.21. The van der Waals surface area contributed by atoms with Crippen LogP contribution in [0.4, 0.5) is 11.5 Å². The molecule has 0 aromatic carbocycles. The molecule has 1 aromatic heterocycles. The van der Waals surface area contributed by atoms with E-state index in [1.54, 1.807) is 20.1 Å². The van der Waals surface area contributed by atoms with Gasteiger partial charge >= 0.3 is 5.97 Å². The first-order chi connectivity index (χ1) is 10.1. The quantitative estimate of drug-likeness (QED) is 0.757. The number of carbonyl (C=O) groups is 1. The number of rotatable bonds is 6. The van der Waals surface area contributed by atoms with Crippen LogP contribution in [0.1, 0.15) is 23.7 Å². The standard InChI is InChI=1S/C14H21N3O4/c1-3-21-13(18)10-4-6-16-12(11(10)15)17-8-14(19-2)5-7-20-9-14/h4,6H,3,5,7-9,15H2,1-2H3,(H,16,17). The molecule has 0 aliphatic carbocycles. The molecule has 2 rings (SSSR count). The summed E-state index contributed by atoms with van der Waals surface area (Å²) in [6, 6.07) is 1.54. The van der Waals surface area contributed by atoms with Gasteiger partial charge in [0.2, 0.25) is 0 Å². The van der Waals surface area contributed by atoms with Crippen LogP contribution in [-0.2, 0) is 14.2 Å². The van der Waals surface area contributed by atoms with Gasteiger partial charge in [0.05, 0.1) is 24.5 Å². The second kappa shape index (κ2) is 6.73. The number of nitrogens with one attached hydrogen (secondary N) is 1. The number of carbonyl (C=O) groups excluding carboxylic acids is 1. The molecular weight excluding hydrogens is 274 g/mol. The number of aromatic nitrogens is 1. The molecule has 1 fully saturated rings. The minimum Gasteiger partial charge on any atom is -0.462 e. The number of ether oxygens (including phenoxy) is 3. The van der Waals surface area contributed by atoms with E-state index >= 15 is 0 Å². The molecule has 7 nitrogen and oxygen atoms in total. The van der Waals surface area contributed by atoms with Crippen LogP contribution in [0.5, 0.6) is 0 Å². The Labute approximate surface area is 123 Å². The summed E-state index contributed by atoms with van der Waals surface area (Å²) in [5, 5.41) is 3.14. The number of hydrogen-bond donors (Lipinski definition) is 2. The van der Waals surface area contributed by atoms with Crippen LogP contribution in [0.3, 0.4) is 0 Å². The average molecular weight is 295 g/mol. The average Bonchev–Trinajstić information content (AvgIpc) is 2.96. The monoisotopic (exact) mass is 295 g/mol. The number of methoxy groups -OCH3 is 1. The molecule has 1 atom stereocenters. The van der Waals surface area contributed by atoms with E-state index in [-0.39, 0.29) is 11.3 Å². The van der Waals surface area contributed by atoms with Gasteiger partial charge < -0.3 is 25.3 Å². The summed E-state index contributed by atoms with van der Waals surface area (Å²) in [7, 11) is 1.65. The molecule has 0 bridgehead atoms. The Balaban J connectivity index is 2.10. The maximum atomic E-state index is 11.8. The van der Waals surface area contributed by atoms with Gasteiger partial charge in [-0.2, -0.15) is 0 Å². The Morgan fingerprint density at radius 1 is 1.62 bits per heavy atom. The zero-order chi connectivity index (χ0) is 15.3. The van der Waals surface area contributed by atoms with Crippen molar-refractivity contribution in [1.29, 1.82) is 0 Å². The van der Waals surface area contributed by atoms with Crippen molar-refractivity contribution >= 4 is 17.5 Å². The first kappa shape index (κ1) is 15.5. The number of nitrogens with two attached hydrogens (primary N) is 1. The van der Waals surface area contributed by atoms with E-state index in [1.165, 1.54) is 6.20 Å². The van der Waals surface area contributed by atoms with Crippen LogP contribution in [0.15, 0.2) is 12.3 Å². The lowest BCUT2D eigenvalue weighted by Crippen LogP contribution is -2.39. The SMILES string of the molecule is CCOC(=O)c1ccnc(NCC2(OC)CCOC2)c1N. The van der Waals surface area contributed by atoms with Gasteiger partial charge in [-0.15, -0.1) is 0 Å². The Morgan fingerprint density at radius 2 is 2.43 bits per heavy atom. The Morgan fingerprint density at radius 3 is 3.05 bits per heavy atom. The minimum absolute atomic E-state index is 0.279. The number of hydrogen-bond acceptors (Lipinski definition) is 7. The number of nitrogen functional groups attached to an aromatic ring is 1. The highest BCUT2D eigenvalue weighted by atomic mass is 16.5. The van der Waals surface area contributed by atoms with Crippen molar-refractivity contribution < 1.29 is 19.0 Å². The van der Waals surface area contributed by atoms with Crippen molar-refractivity contribution in [2.45, 2.75) is 18.9 Å². The molecule has 2 heterocycles. The first-order valence-corrected chi connectivity index (χ1v) is 6.90. The highest BCUT2D eigenvalue weighted by Crippen LogP contribution is 2.25. The third kappa shape index (κ3) is 3.43. The van der Waals surface area contributed by atoms with Crippen molar-refractivity contribution in [3.8, 4) is 0 Å².